The molecule has 0 radical (unpaired) electrons. The van der Waals surface area contributed by atoms with Gasteiger partial charge in [-0.1, -0.05) is 12.5 Å². The summed E-state index contributed by atoms with van der Waals surface area (Å²) >= 11 is 0. The molecular weight excluding hydrogens is 274 g/mol. The van der Waals surface area contributed by atoms with Crippen LogP contribution in [0.15, 0.2) is 23.4 Å². The molecule has 2 fully saturated rings. The summed E-state index contributed by atoms with van der Waals surface area (Å²) < 4.78 is 26.3. The van der Waals surface area contributed by atoms with E-state index in [4.69, 9.17) is 0 Å². The van der Waals surface area contributed by atoms with E-state index >= 15 is 0 Å². The van der Waals surface area contributed by atoms with Crippen LogP contribution in [0, 0.1) is 0 Å². The number of sulfonamides is 1. The van der Waals surface area contributed by atoms with Crippen LogP contribution in [0.4, 0.5) is 0 Å². The standard InChI is InChI=1S/C14H21N3O2S/c1-17(13-3-2-4-13)20(18,19)14-8-5-11(10-16-14)9-15-12-6-7-12/h5,8,10,12-13,15H,2-4,6-7,9H2,1H3. The van der Waals surface area contributed by atoms with Crippen molar-refractivity contribution in [2.45, 2.75) is 55.8 Å². The number of nitrogens with one attached hydrogen (secondary N) is 1. The molecule has 5 nitrogen and oxygen atoms in total. The van der Waals surface area contributed by atoms with Gasteiger partial charge in [0, 0.05) is 31.9 Å². The monoisotopic (exact) mass is 295 g/mol. The smallest absolute Gasteiger partial charge is 0.260 e. The van der Waals surface area contributed by atoms with Crippen molar-refractivity contribution in [1.29, 1.82) is 0 Å². The molecule has 1 heterocycles. The molecule has 0 bridgehead atoms. The summed E-state index contributed by atoms with van der Waals surface area (Å²) in [5.74, 6) is 0. The van der Waals surface area contributed by atoms with E-state index in [1.165, 1.54) is 17.1 Å². The summed E-state index contributed by atoms with van der Waals surface area (Å²) in [5.41, 5.74) is 1.03. The predicted octanol–water partition coefficient (Wildman–Crippen LogP) is 1.51. The van der Waals surface area contributed by atoms with Crippen LogP contribution in [-0.4, -0.2) is 36.8 Å². The van der Waals surface area contributed by atoms with Crippen molar-refractivity contribution in [3.63, 3.8) is 0 Å². The molecule has 6 heteroatoms. The van der Waals surface area contributed by atoms with Gasteiger partial charge in [-0.2, -0.15) is 4.31 Å². The Kier molecular flexibility index (Phi) is 3.79. The van der Waals surface area contributed by atoms with Crippen LogP contribution in [0.5, 0.6) is 0 Å². The van der Waals surface area contributed by atoms with Crippen LogP contribution < -0.4 is 5.32 Å². The maximum atomic E-state index is 12.4. The van der Waals surface area contributed by atoms with E-state index < -0.39 is 10.0 Å². The molecule has 2 aliphatic rings. The molecule has 2 aliphatic carbocycles. The largest absolute Gasteiger partial charge is 0.310 e. The SMILES string of the molecule is CN(C1CCC1)S(=O)(=O)c1ccc(CNC2CC2)cn1. The summed E-state index contributed by atoms with van der Waals surface area (Å²) in [6.45, 7) is 0.760. The number of hydrogen-bond acceptors (Lipinski definition) is 4. The van der Waals surface area contributed by atoms with Crippen LogP contribution in [0.3, 0.4) is 0 Å². The highest BCUT2D eigenvalue weighted by Crippen LogP contribution is 2.27. The third kappa shape index (κ3) is 2.87. The molecule has 1 aromatic heterocycles. The number of nitrogens with zero attached hydrogens (tertiary/aromatic N) is 2. The van der Waals surface area contributed by atoms with Gasteiger partial charge in [-0.15, -0.1) is 0 Å². The zero-order valence-electron chi connectivity index (χ0n) is 11.7. The number of aromatic nitrogens is 1. The lowest BCUT2D eigenvalue weighted by Crippen LogP contribution is -2.41. The van der Waals surface area contributed by atoms with Crippen molar-refractivity contribution in [3.05, 3.63) is 23.9 Å². The first-order chi connectivity index (χ1) is 9.57. The molecule has 1 N–H and O–H groups in total. The topological polar surface area (TPSA) is 62.3 Å². The highest BCUT2D eigenvalue weighted by Gasteiger charge is 2.32. The van der Waals surface area contributed by atoms with Crippen LogP contribution in [-0.2, 0) is 16.6 Å². The Bertz CT molecular complexity index is 563. The Morgan fingerprint density at radius 2 is 2.05 bits per heavy atom. The Morgan fingerprint density at radius 3 is 2.55 bits per heavy atom. The first kappa shape index (κ1) is 14.0. The molecule has 0 atom stereocenters. The summed E-state index contributed by atoms with van der Waals surface area (Å²) in [6, 6.07) is 4.26. The van der Waals surface area contributed by atoms with Crippen LogP contribution in [0.25, 0.3) is 0 Å². The Hall–Kier alpha value is -0.980. The third-order valence-electron chi connectivity index (χ3n) is 4.20. The lowest BCUT2D eigenvalue weighted by molar-refractivity contribution is 0.249. The molecule has 2 saturated carbocycles. The Balaban J connectivity index is 1.68. The van der Waals surface area contributed by atoms with Crippen molar-refractivity contribution >= 4 is 10.0 Å². The number of hydrogen-bond donors (Lipinski definition) is 1. The number of pyridine rings is 1. The van der Waals surface area contributed by atoms with E-state index in [0.717, 1.165) is 31.4 Å². The van der Waals surface area contributed by atoms with Crippen LogP contribution in [0.2, 0.25) is 0 Å². The number of rotatable bonds is 6. The van der Waals surface area contributed by atoms with Crippen molar-refractivity contribution in [2.75, 3.05) is 7.05 Å². The second-order valence-corrected chi connectivity index (χ2v) is 7.71. The third-order valence-corrected chi connectivity index (χ3v) is 6.03. The van der Waals surface area contributed by atoms with Gasteiger partial charge in [-0.3, -0.25) is 0 Å². The van der Waals surface area contributed by atoms with Crippen molar-refractivity contribution in [3.8, 4) is 0 Å². The molecule has 0 aliphatic heterocycles. The minimum absolute atomic E-state index is 0.151. The van der Waals surface area contributed by atoms with Crippen molar-refractivity contribution < 1.29 is 8.42 Å². The van der Waals surface area contributed by atoms with E-state index in [-0.39, 0.29) is 11.1 Å². The lowest BCUT2D eigenvalue weighted by atomic mass is 9.94. The first-order valence-corrected chi connectivity index (χ1v) is 8.68. The van der Waals surface area contributed by atoms with Gasteiger partial charge in [-0.25, -0.2) is 13.4 Å². The molecular formula is C14H21N3O2S. The normalized spacial score (nSPS) is 20.1. The maximum absolute atomic E-state index is 12.4. The average Bonchev–Trinajstić information content (AvgIpc) is 3.19. The molecule has 0 spiro atoms. The maximum Gasteiger partial charge on any atom is 0.260 e. The first-order valence-electron chi connectivity index (χ1n) is 7.24. The Labute approximate surface area is 120 Å². The zero-order chi connectivity index (χ0) is 14.2. The second kappa shape index (κ2) is 5.42. The van der Waals surface area contributed by atoms with Crippen molar-refractivity contribution in [1.82, 2.24) is 14.6 Å². The quantitative estimate of drug-likeness (QED) is 0.864. The fourth-order valence-electron chi connectivity index (χ4n) is 2.31. The van der Waals surface area contributed by atoms with Gasteiger partial charge < -0.3 is 5.32 Å². The minimum Gasteiger partial charge on any atom is -0.310 e. The molecule has 0 amide bonds. The van der Waals surface area contributed by atoms with Gasteiger partial charge in [0.25, 0.3) is 10.0 Å². The summed E-state index contributed by atoms with van der Waals surface area (Å²) in [5, 5.41) is 3.55. The Morgan fingerprint density at radius 1 is 1.30 bits per heavy atom. The molecule has 3 rings (SSSR count). The summed E-state index contributed by atoms with van der Waals surface area (Å²) in [6.07, 6.45) is 7.18. The van der Waals surface area contributed by atoms with E-state index in [0.29, 0.717) is 6.04 Å². The minimum atomic E-state index is -3.43. The van der Waals surface area contributed by atoms with E-state index in [9.17, 15) is 8.42 Å². The summed E-state index contributed by atoms with van der Waals surface area (Å²) in [7, 11) is -1.78. The summed E-state index contributed by atoms with van der Waals surface area (Å²) in [4.78, 5) is 4.14. The van der Waals surface area contributed by atoms with Crippen LogP contribution >= 0.6 is 0 Å². The van der Waals surface area contributed by atoms with Gasteiger partial charge >= 0.3 is 0 Å². The van der Waals surface area contributed by atoms with E-state index in [2.05, 4.69) is 10.3 Å². The predicted molar refractivity (Wildman–Crippen MR) is 76.7 cm³/mol. The molecule has 0 saturated heterocycles. The van der Waals surface area contributed by atoms with Gasteiger partial charge in [0.15, 0.2) is 5.03 Å². The van der Waals surface area contributed by atoms with Gasteiger partial charge in [-0.05, 0) is 37.3 Å². The van der Waals surface area contributed by atoms with Gasteiger partial charge in [0.2, 0.25) is 0 Å². The van der Waals surface area contributed by atoms with E-state index in [1.54, 1.807) is 19.3 Å². The van der Waals surface area contributed by atoms with Gasteiger partial charge in [0.05, 0.1) is 0 Å². The highest BCUT2D eigenvalue weighted by molar-refractivity contribution is 7.89. The molecule has 110 valence electrons. The fourth-order valence-corrected chi connectivity index (χ4v) is 3.64. The van der Waals surface area contributed by atoms with E-state index in [1.807, 2.05) is 6.07 Å². The van der Waals surface area contributed by atoms with Crippen molar-refractivity contribution in [2.24, 2.45) is 0 Å². The molecule has 20 heavy (non-hydrogen) atoms. The zero-order valence-corrected chi connectivity index (χ0v) is 12.6. The van der Waals surface area contributed by atoms with Crippen LogP contribution in [0.1, 0.15) is 37.7 Å². The molecule has 0 unspecified atom stereocenters. The lowest BCUT2D eigenvalue weighted by Gasteiger charge is -2.33. The fraction of sp³-hybridized carbons (Fsp3) is 0.643. The molecule has 1 aromatic rings. The highest BCUT2D eigenvalue weighted by atomic mass is 32.2. The van der Waals surface area contributed by atoms with Gasteiger partial charge in [0.1, 0.15) is 0 Å². The second-order valence-electron chi connectivity index (χ2n) is 5.77. The average molecular weight is 295 g/mol. The molecule has 0 aromatic carbocycles.